The Hall–Kier alpha value is -1.40. The van der Waals surface area contributed by atoms with E-state index >= 15 is 0 Å². The van der Waals surface area contributed by atoms with Crippen molar-refractivity contribution < 1.29 is 4.79 Å². The lowest BCUT2D eigenvalue weighted by molar-refractivity contribution is 0.564. The van der Waals surface area contributed by atoms with Gasteiger partial charge in [0.1, 0.15) is 0 Å². The quantitative estimate of drug-likeness (QED) is 0.444. The van der Waals surface area contributed by atoms with E-state index in [4.69, 9.17) is 4.79 Å². The topological polar surface area (TPSA) is 29.4 Å². The Kier molecular flexibility index (Phi) is 14.4. The van der Waals surface area contributed by atoms with Crippen molar-refractivity contribution in [1.82, 2.24) is 0 Å². The third-order valence-electron chi connectivity index (χ3n) is 1.03. The first-order valence-electron chi connectivity index (χ1n) is 4.29. The first-order chi connectivity index (χ1) is 6.31. The van der Waals surface area contributed by atoms with E-state index in [0.717, 1.165) is 0 Å². The zero-order valence-corrected chi connectivity index (χ0v) is 8.74. The fourth-order valence-electron chi connectivity index (χ4n) is 0.534. The van der Waals surface area contributed by atoms with Gasteiger partial charge in [-0.3, -0.25) is 0 Å². The molecule has 2 nitrogen and oxygen atoms in total. The molecule has 72 valence electrons. The van der Waals surface area contributed by atoms with E-state index in [-0.39, 0.29) is 0 Å². The highest BCUT2D eigenvalue weighted by atomic mass is 16.1. The molecule has 0 amide bonds. The van der Waals surface area contributed by atoms with Gasteiger partial charge in [-0.1, -0.05) is 49.7 Å². The SMILES string of the molecule is CC.CN=C=O.Cc1ccccc1. The second-order valence-electron chi connectivity index (χ2n) is 1.97. The summed E-state index contributed by atoms with van der Waals surface area (Å²) in [4.78, 5) is 11.8. The van der Waals surface area contributed by atoms with Crippen LogP contribution < -0.4 is 0 Å². The van der Waals surface area contributed by atoms with Gasteiger partial charge in [-0.05, 0) is 6.92 Å². The molecule has 2 heteroatoms. The van der Waals surface area contributed by atoms with Crippen LogP contribution in [0, 0.1) is 6.92 Å². The van der Waals surface area contributed by atoms with Gasteiger partial charge < -0.3 is 0 Å². The Bertz CT molecular complexity index is 225. The van der Waals surface area contributed by atoms with E-state index in [2.05, 4.69) is 24.0 Å². The average Bonchev–Trinajstić information content (AvgIpc) is 2.22. The zero-order chi connectivity index (χ0) is 10.5. The lowest BCUT2D eigenvalue weighted by atomic mass is 10.2. The van der Waals surface area contributed by atoms with Crippen molar-refractivity contribution in [2.75, 3.05) is 7.05 Å². The first-order valence-corrected chi connectivity index (χ1v) is 4.29. The van der Waals surface area contributed by atoms with Crippen LogP contribution in [-0.4, -0.2) is 13.1 Å². The number of aliphatic imine (C=N–C) groups is 1. The van der Waals surface area contributed by atoms with Gasteiger partial charge in [0, 0.05) is 7.05 Å². The van der Waals surface area contributed by atoms with E-state index < -0.39 is 0 Å². The lowest BCUT2D eigenvalue weighted by Gasteiger charge is -1.82. The summed E-state index contributed by atoms with van der Waals surface area (Å²) in [7, 11) is 1.38. The van der Waals surface area contributed by atoms with Gasteiger partial charge in [0.25, 0.3) is 0 Å². The molecular formula is C11H17NO. The standard InChI is InChI=1S/C7H8.C2H3NO.C2H6/c1-7-5-3-2-4-6-7;1-3-2-4;1-2/h2-6H,1H3;1H3;1-2H3. The van der Waals surface area contributed by atoms with Gasteiger partial charge in [0.05, 0.1) is 0 Å². The highest BCUT2D eigenvalue weighted by molar-refractivity contribution is 5.32. The number of nitrogens with zero attached hydrogens (tertiary/aromatic N) is 1. The summed E-state index contributed by atoms with van der Waals surface area (Å²) in [5, 5.41) is 0. The molecule has 13 heavy (non-hydrogen) atoms. The molecule has 0 unspecified atom stereocenters. The van der Waals surface area contributed by atoms with E-state index in [0.29, 0.717) is 0 Å². The summed E-state index contributed by atoms with van der Waals surface area (Å²) >= 11 is 0. The summed E-state index contributed by atoms with van der Waals surface area (Å²) in [5.41, 5.74) is 1.32. The Morgan fingerprint density at radius 1 is 1.15 bits per heavy atom. The van der Waals surface area contributed by atoms with Crippen LogP contribution in [0.15, 0.2) is 35.3 Å². The molecule has 0 aliphatic carbocycles. The lowest BCUT2D eigenvalue weighted by Crippen LogP contribution is -1.62. The minimum absolute atomic E-state index is 1.31. The number of hydrogen-bond donors (Lipinski definition) is 0. The molecule has 0 fully saturated rings. The Morgan fingerprint density at radius 3 is 1.69 bits per heavy atom. The van der Waals surface area contributed by atoms with Gasteiger partial charge >= 0.3 is 0 Å². The van der Waals surface area contributed by atoms with E-state index in [9.17, 15) is 0 Å². The molecule has 0 radical (unpaired) electrons. The van der Waals surface area contributed by atoms with Crippen LogP contribution in [0.4, 0.5) is 0 Å². The minimum atomic E-state index is 1.31. The van der Waals surface area contributed by atoms with Crippen molar-refractivity contribution in [2.24, 2.45) is 4.99 Å². The Morgan fingerprint density at radius 2 is 1.54 bits per heavy atom. The molecule has 0 saturated carbocycles. The molecule has 0 atom stereocenters. The summed E-state index contributed by atoms with van der Waals surface area (Å²) in [6, 6.07) is 10.3. The second kappa shape index (κ2) is 13.2. The maximum atomic E-state index is 8.88. The average molecular weight is 179 g/mol. The molecule has 0 N–H and O–H groups in total. The summed E-state index contributed by atoms with van der Waals surface area (Å²) < 4.78 is 0. The fourth-order valence-corrected chi connectivity index (χ4v) is 0.534. The van der Waals surface area contributed by atoms with E-state index in [1.165, 1.54) is 18.7 Å². The maximum absolute atomic E-state index is 8.88. The van der Waals surface area contributed by atoms with Gasteiger partial charge in [0.2, 0.25) is 6.08 Å². The zero-order valence-electron chi connectivity index (χ0n) is 8.74. The van der Waals surface area contributed by atoms with Crippen LogP contribution in [-0.2, 0) is 4.79 Å². The summed E-state index contributed by atoms with van der Waals surface area (Å²) in [6.45, 7) is 6.08. The molecule has 0 saturated heterocycles. The molecule has 0 aliphatic rings. The van der Waals surface area contributed by atoms with Crippen molar-refractivity contribution in [2.45, 2.75) is 20.8 Å². The molecular weight excluding hydrogens is 162 g/mol. The third-order valence-corrected chi connectivity index (χ3v) is 1.03. The number of hydrogen-bond acceptors (Lipinski definition) is 2. The monoisotopic (exact) mass is 179 g/mol. The molecule has 1 aromatic carbocycles. The van der Waals surface area contributed by atoms with Crippen molar-refractivity contribution in [3.63, 3.8) is 0 Å². The smallest absolute Gasteiger partial charge is 0.211 e. The van der Waals surface area contributed by atoms with Crippen molar-refractivity contribution >= 4 is 6.08 Å². The van der Waals surface area contributed by atoms with Gasteiger partial charge in [-0.2, -0.15) is 0 Å². The van der Waals surface area contributed by atoms with Crippen LogP contribution in [0.5, 0.6) is 0 Å². The number of benzene rings is 1. The number of isocyanates is 1. The van der Waals surface area contributed by atoms with Crippen LogP contribution in [0.2, 0.25) is 0 Å². The van der Waals surface area contributed by atoms with Crippen molar-refractivity contribution in [3.05, 3.63) is 35.9 Å². The van der Waals surface area contributed by atoms with Crippen LogP contribution >= 0.6 is 0 Å². The molecule has 1 aromatic rings. The van der Waals surface area contributed by atoms with Crippen LogP contribution in [0.1, 0.15) is 19.4 Å². The number of aryl methyl sites for hydroxylation is 1. The van der Waals surface area contributed by atoms with Gasteiger partial charge in [-0.15, -0.1) is 0 Å². The predicted molar refractivity (Wildman–Crippen MR) is 56.6 cm³/mol. The Balaban J connectivity index is 0. The van der Waals surface area contributed by atoms with Gasteiger partial charge in [0.15, 0.2) is 0 Å². The van der Waals surface area contributed by atoms with E-state index in [1.807, 2.05) is 32.0 Å². The molecule has 1 rings (SSSR count). The second-order valence-corrected chi connectivity index (χ2v) is 1.97. The summed E-state index contributed by atoms with van der Waals surface area (Å²) in [6.07, 6.45) is 1.31. The highest BCUT2D eigenvalue weighted by Gasteiger charge is 1.72. The minimum Gasteiger partial charge on any atom is -0.211 e. The molecule has 0 heterocycles. The maximum Gasteiger partial charge on any atom is 0.234 e. The van der Waals surface area contributed by atoms with Crippen molar-refractivity contribution in [3.8, 4) is 0 Å². The predicted octanol–water partition coefficient (Wildman–Crippen LogP) is 2.97. The molecule has 0 aromatic heterocycles. The van der Waals surface area contributed by atoms with E-state index in [1.54, 1.807) is 0 Å². The molecule has 0 aliphatic heterocycles. The van der Waals surface area contributed by atoms with Gasteiger partial charge in [-0.25, -0.2) is 9.79 Å². The first kappa shape index (κ1) is 14.1. The number of carbonyl (C=O) groups excluding carboxylic acids is 1. The largest absolute Gasteiger partial charge is 0.234 e. The fraction of sp³-hybridized carbons (Fsp3) is 0.364. The normalized spacial score (nSPS) is 6.46. The van der Waals surface area contributed by atoms with Crippen molar-refractivity contribution in [1.29, 1.82) is 0 Å². The molecule has 0 spiro atoms. The Labute approximate surface area is 80.3 Å². The summed E-state index contributed by atoms with van der Waals surface area (Å²) in [5.74, 6) is 0. The van der Waals surface area contributed by atoms with Crippen LogP contribution in [0.3, 0.4) is 0 Å². The molecule has 0 bridgehead atoms. The number of rotatable bonds is 0. The van der Waals surface area contributed by atoms with Crippen LogP contribution in [0.25, 0.3) is 0 Å². The highest BCUT2D eigenvalue weighted by Crippen LogP contribution is 1.92. The third kappa shape index (κ3) is 13.6.